The van der Waals surface area contributed by atoms with Crippen molar-refractivity contribution >= 4 is 29.2 Å². The number of halogens is 1. The van der Waals surface area contributed by atoms with E-state index < -0.39 is 35.9 Å². The van der Waals surface area contributed by atoms with Crippen molar-refractivity contribution in [2.45, 2.75) is 12.2 Å². The van der Waals surface area contributed by atoms with Gasteiger partial charge in [0.2, 0.25) is 5.91 Å². The molecule has 0 unspecified atom stereocenters. The van der Waals surface area contributed by atoms with E-state index in [9.17, 15) is 14.7 Å². The number of benzene rings is 1. The lowest BCUT2D eigenvalue weighted by Gasteiger charge is -2.21. The number of ether oxygens (including phenoxy) is 2. The molecule has 6 nitrogen and oxygen atoms in total. The number of carboxylic acid groups (broad SMARTS) is 1. The standard InChI is InChI=1S/C15H14ClNO5/c1-21-9-3-2-7(16)6-8(9)17-14(18)12-10-4-5-11(22-10)13(12)15(19)20/h2-6,10-13H,1H3,(H,17,18)(H,19,20)/t10-,11+,12+,13-/m0/s1. The Kier molecular flexibility index (Phi) is 3.80. The van der Waals surface area contributed by atoms with E-state index in [1.807, 2.05) is 0 Å². The van der Waals surface area contributed by atoms with Crippen LogP contribution in [-0.4, -0.2) is 36.3 Å². The average Bonchev–Trinajstić information content (AvgIpc) is 3.08. The molecule has 1 fully saturated rings. The molecule has 1 aromatic carbocycles. The van der Waals surface area contributed by atoms with Crippen LogP contribution >= 0.6 is 11.6 Å². The number of fused-ring (bicyclic) bond motifs is 2. The topological polar surface area (TPSA) is 84.9 Å². The molecule has 0 spiro atoms. The van der Waals surface area contributed by atoms with E-state index in [1.54, 1.807) is 30.4 Å². The van der Waals surface area contributed by atoms with Crippen molar-refractivity contribution in [1.29, 1.82) is 0 Å². The molecule has 1 amide bonds. The van der Waals surface area contributed by atoms with Crippen LogP contribution in [0.3, 0.4) is 0 Å². The fraction of sp³-hybridized carbons (Fsp3) is 0.333. The Hall–Kier alpha value is -2.05. The molecule has 4 atom stereocenters. The highest BCUT2D eigenvalue weighted by atomic mass is 35.5. The zero-order valence-electron chi connectivity index (χ0n) is 11.7. The van der Waals surface area contributed by atoms with Crippen molar-refractivity contribution < 1.29 is 24.2 Å². The zero-order valence-corrected chi connectivity index (χ0v) is 12.4. The molecule has 2 bridgehead atoms. The van der Waals surface area contributed by atoms with Gasteiger partial charge in [-0.1, -0.05) is 23.8 Å². The van der Waals surface area contributed by atoms with Gasteiger partial charge in [-0.2, -0.15) is 0 Å². The maximum absolute atomic E-state index is 12.5. The molecule has 2 N–H and O–H groups in total. The lowest BCUT2D eigenvalue weighted by molar-refractivity contribution is -0.145. The predicted molar refractivity (Wildman–Crippen MR) is 79.1 cm³/mol. The van der Waals surface area contributed by atoms with Gasteiger partial charge in [0.05, 0.1) is 30.9 Å². The van der Waals surface area contributed by atoms with Gasteiger partial charge >= 0.3 is 5.97 Å². The minimum absolute atomic E-state index is 0.399. The van der Waals surface area contributed by atoms with Gasteiger partial charge in [0.25, 0.3) is 0 Å². The Balaban J connectivity index is 1.84. The molecule has 0 saturated carbocycles. The summed E-state index contributed by atoms with van der Waals surface area (Å²) in [6.45, 7) is 0. The lowest BCUT2D eigenvalue weighted by Crippen LogP contribution is -2.39. The highest BCUT2D eigenvalue weighted by Gasteiger charge is 2.53. The number of aliphatic carboxylic acids is 1. The normalized spacial score (nSPS) is 28.6. The van der Waals surface area contributed by atoms with Gasteiger partial charge in [0, 0.05) is 5.02 Å². The van der Waals surface area contributed by atoms with Crippen LogP contribution in [-0.2, 0) is 14.3 Å². The molecule has 1 saturated heterocycles. The fourth-order valence-electron chi connectivity index (χ4n) is 2.91. The van der Waals surface area contributed by atoms with E-state index in [4.69, 9.17) is 21.1 Å². The molecule has 116 valence electrons. The fourth-order valence-corrected chi connectivity index (χ4v) is 3.08. The summed E-state index contributed by atoms with van der Waals surface area (Å²) in [5, 5.41) is 12.5. The number of nitrogens with one attached hydrogen (secondary N) is 1. The molecule has 2 heterocycles. The third-order valence-corrected chi connectivity index (χ3v) is 4.14. The molecular formula is C15H14ClNO5. The molecule has 7 heteroatoms. The monoisotopic (exact) mass is 323 g/mol. The highest BCUT2D eigenvalue weighted by Crippen LogP contribution is 2.40. The van der Waals surface area contributed by atoms with Gasteiger partial charge < -0.3 is 19.9 Å². The van der Waals surface area contributed by atoms with Crippen molar-refractivity contribution in [2.75, 3.05) is 12.4 Å². The van der Waals surface area contributed by atoms with Crippen molar-refractivity contribution in [3.63, 3.8) is 0 Å². The summed E-state index contributed by atoms with van der Waals surface area (Å²) >= 11 is 5.92. The summed E-state index contributed by atoms with van der Waals surface area (Å²) in [4.78, 5) is 23.9. The van der Waals surface area contributed by atoms with Gasteiger partial charge in [0.1, 0.15) is 11.7 Å². The van der Waals surface area contributed by atoms with Crippen molar-refractivity contribution in [1.82, 2.24) is 0 Å². The minimum atomic E-state index is -1.05. The minimum Gasteiger partial charge on any atom is -0.495 e. The summed E-state index contributed by atoms with van der Waals surface area (Å²) < 4.78 is 10.7. The summed E-state index contributed by atoms with van der Waals surface area (Å²) in [5.41, 5.74) is 0.399. The second kappa shape index (κ2) is 5.62. The Labute approximate surface area is 131 Å². The highest BCUT2D eigenvalue weighted by molar-refractivity contribution is 6.31. The molecule has 22 heavy (non-hydrogen) atoms. The summed E-state index contributed by atoms with van der Waals surface area (Å²) in [6, 6.07) is 4.82. The van der Waals surface area contributed by atoms with Gasteiger partial charge in [-0.25, -0.2) is 0 Å². The largest absolute Gasteiger partial charge is 0.495 e. The van der Waals surface area contributed by atoms with Crippen molar-refractivity contribution in [3.05, 3.63) is 35.4 Å². The first-order valence-corrected chi connectivity index (χ1v) is 7.10. The second-order valence-corrected chi connectivity index (χ2v) is 5.61. The number of carboxylic acids is 1. The van der Waals surface area contributed by atoms with Crippen LogP contribution in [0.1, 0.15) is 0 Å². The van der Waals surface area contributed by atoms with Crippen LogP contribution in [0.5, 0.6) is 5.75 Å². The third kappa shape index (κ3) is 2.44. The number of rotatable bonds is 4. The quantitative estimate of drug-likeness (QED) is 0.827. The maximum atomic E-state index is 12.5. The van der Waals surface area contributed by atoms with E-state index in [-0.39, 0.29) is 0 Å². The van der Waals surface area contributed by atoms with Crippen LogP contribution < -0.4 is 10.1 Å². The number of carbonyl (C=O) groups excluding carboxylic acids is 1. The molecule has 1 aromatic rings. The molecule has 0 aromatic heterocycles. The number of hydrogen-bond donors (Lipinski definition) is 2. The Morgan fingerprint density at radius 3 is 2.59 bits per heavy atom. The van der Waals surface area contributed by atoms with Crippen LogP contribution in [0.2, 0.25) is 5.02 Å². The molecule has 0 radical (unpaired) electrons. The predicted octanol–water partition coefficient (Wildman–Crippen LogP) is 1.94. The molecule has 3 rings (SSSR count). The molecular weight excluding hydrogens is 310 g/mol. The third-order valence-electron chi connectivity index (χ3n) is 3.91. The summed E-state index contributed by atoms with van der Waals surface area (Å²) in [7, 11) is 1.47. The van der Waals surface area contributed by atoms with E-state index in [1.165, 1.54) is 7.11 Å². The van der Waals surface area contributed by atoms with Gasteiger partial charge in [-0.05, 0) is 18.2 Å². The summed E-state index contributed by atoms with van der Waals surface area (Å²) in [6.07, 6.45) is 2.34. The van der Waals surface area contributed by atoms with Crippen molar-refractivity contribution in [3.8, 4) is 5.75 Å². The van der Waals surface area contributed by atoms with Gasteiger partial charge in [-0.3, -0.25) is 9.59 Å². The van der Waals surface area contributed by atoms with E-state index in [0.717, 1.165) is 0 Å². The number of anilines is 1. The lowest BCUT2D eigenvalue weighted by atomic mass is 9.82. The number of hydrogen-bond acceptors (Lipinski definition) is 4. The maximum Gasteiger partial charge on any atom is 0.310 e. The van der Waals surface area contributed by atoms with Crippen LogP contribution in [0.25, 0.3) is 0 Å². The Morgan fingerprint density at radius 2 is 1.95 bits per heavy atom. The van der Waals surface area contributed by atoms with E-state index >= 15 is 0 Å². The zero-order chi connectivity index (χ0) is 15.9. The van der Waals surface area contributed by atoms with E-state index in [0.29, 0.717) is 16.5 Å². The Morgan fingerprint density at radius 1 is 1.27 bits per heavy atom. The first-order valence-electron chi connectivity index (χ1n) is 6.72. The van der Waals surface area contributed by atoms with Gasteiger partial charge in [-0.15, -0.1) is 0 Å². The van der Waals surface area contributed by atoms with Gasteiger partial charge in [0.15, 0.2) is 0 Å². The van der Waals surface area contributed by atoms with Crippen LogP contribution in [0.4, 0.5) is 5.69 Å². The number of carbonyl (C=O) groups is 2. The smallest absolute Gasteiger partial charge is 0.310 e. The van der Waals surface area contributed by atoms with E-state index in [2.05, 4.69) is 5.32 Å². The van der Waals surface area contributed by atoms with Crippen LogP contribution in [0, 0.1) is 11.8 Å². The van der Waals surface area contributed by atoms with Crippen molar-refractivity contribution in [2.24, 2.45) is 11.8 Å². The molecule has 0 aliphatic carbocycles. The SMILES string of the molecule is COc1ccc(Cl)cc1NC(=O)[C@H]1[C@@H](C(=O)O)[C@H]2C=C[C@@H]1O2. The second-order valence-electron chi connectivity index (χ2n) is 5.17. The first kappa shape index (κ1) is 14.9. The Bertz CT molecular complexity index is 659. The number of methoxy groups -OCH3 is 1. The average molecular weight is 324 g/mol. The molecule has 2 aliphatic heterocycles. The first-order chi connectivity index (χ1) is 10.5. The molecule has 2 aliphatic rings. The number of amides is 1. The summed E-state index contributed by atoms with van der Waals surface area (Å²) in [5.74, 6) is -2.69. The van der Waals surface area contributed by atoms with Crippen LogP contribution in [0.15, 0.2) is 30.4 Å².